The van der Waals surface area contributed by atoms with Gasteiger partial charge in [0.05, 0.1) is 17.6 Å². The maximum atomic E-state index is 11.0. The number of carbonyl (C=O) groups is 1. The second-order valence-corrected chi connectivity index (χ2v) is 3.74. The number of primary amides is 1. The monoisotopic (exact) mass is 246 g/mol. The van der Waals surface area contributed by atoms with E-state index in [2.05, 4.69) is 9.97 Å². The highest BCUT2D eigenvalue weighted by molar-refractivity contribution is 5.93. The Morgan fingerprint density at radius 1 is 1.17 bits per heavy atom. The zero-order chi connectivity index (χ0) is 13.0. The van der Waals surface area contributed by atoms with Crippen LogP contribution in [0, 0.1) is 0 Å². The Bertz CT molecular complexity index is 571. The zero-order valence-electron chi connectivity index (χ0n) is 9.80. The molecule has 2 rings (SSSR count). The number of rotatable bonds is 5. The summed E-state index contributed by atoms with van der Waals surface area (Å²) in [6, 6.07) is 6.68. The first-order valence-corrected chi connectivity index (χ1v) is 5.61. The maximum Gasteiger partial charge on any atom is 0.267 e. The number of ether oxygens (including phenoxy) is 1. The van der Waals surface area contributed by atoms with E-state index in [0.717, 1.165) is 6.42 Å². The lowest BCUT2D eigenvalue weighted by Gasteiger charge is -2.05. The van der Waals surface area contributed by atoms with Gasteiger partial charge in [-0.1, -0.05) is 0 Å². The van der Waals surface area contributed by atoms with Crippen molar-refractivity contribution in [3.05, 3.63) is 30.0 Å². The molecule has 0 spiro atoms. The minimum absolute atomic E-state index is 0.223. The van der Waals surface area contributed by atoms with Crippen molar-refractivity contribution in [1.29, 1.82) is 0 Å². The van der Waals surface area contributed by atoms with Gasteiger partial charge in [-0.05, 0) is 31.2 Å². The third-order valence-corrected chi connectivity index (χ3v) is 2.37. The summed E-state index contributed by atoms with van der Waals surface area (Å²) in [7, 11) is 0. The van der Waals surface area contributed by atoms with E-state index in [1.54, 1.807) is 24.3 Å². The summed E-state index contributed by atoms with van der Waals surface area (Å²) >= 11 is 0. The van der Waals surface area contributed by atoms with Crippen molar-refractivity contribution in [2.45, 2.75) is 6.42 Å². The Labute approximate surface area is 104 Å². The number of fused-ring (bicyclic) bond motifs is 1. The first-order valence-electron chi connectivity index (χ1n) is 5.61. The second kappa shape index (κ2) is 5.42. The summed E-state index contributed by atoms with van der Waals surface area (Å²) < 4.78 is 5.42. The molecule has 0 atom stereocenters. The molecule has 94 valence electrons. The standard InChI is InChI=1S/C12H14N4O2/c13-6-1-7-18-11-5-4-8-9(16-11)2-3-10(15-8)12(14)17/h2-5H,1,6-7,13H2,(H2,14,17). The molecule has 0 bridgehead atoms. The SMILES string of the molecule is NCCCOc1ccc2nc(C(N)=O)ccc2n1. The van der Waals surface area contributed by atoms with Crippen LogP contribution in [0.15, 0.2) is 24.3 Å². The van der Waals surface area contributed by atoms with Crippen molar-refractivity contribution in [2.75, 3.05) is 13.2 Å². The van der Waals surface area contributed by atoms with Crippen LogP contribution in [0.25, 0.3) is 11.0 Å². The lowest BCUT2D eigenvalue weighted by molar-refractivity contribution is 0.0996. The number of aromatic nitrogens is 2. The Kier molecular flexibility index (Phi) is 3.69. The minimum Gasteiger partial charge on any atom is -0.478 e. The van der Waals surface area contributed by atoms with Gasteiger partial charge in [0, 0.05) is 6.07 Å². The highest BCUT2D eigenvalue weighted by Gasteiger charge is 2.05. The highest BCUT2D eigenvalue weighted by atomic mass is 16.5. The van der Waals surface area contributed by atoms with E-state index in [0.29, 0.717) is 30.1 Å². The topological polar surface area (TPSA) is 104 Å². The van der Waals surface area contributed by atoms with E-state index in [4.69, 9.17) is 16.2 Å². The number of hydrogen-bond acceptors (Lipinski definition) is 5. The van der Waals surface area contributed by atoms with Crippen LogP contribution in [0.5, 0.6) is 5.88 Å². The number of nitrogens with two attached hydrogens (primary N) is 2. The quantitative estimate of drug-likeness (QED) is 0.745. The summed E-state index contributed by atoms with van der Waals surface area (Å²) in [6.45, 7) is 1.11. The van der Waals surface area contributed by atoms with E-state index >= 15 is 0 Å². The Balaban J connectivity index is 2.24. The lowest BCUT2D eigenvalue weighted by Crippen LogP contribution is -2.12. The van der Waals surface area contributed by atoms with Crippen molar-refractivity contribution in [3.8, 4) is 5.88 Å². The van der Waals surface area contributed by atoms with E-state index in [1.807, 2.05) is 0 Å². The number of nitrogens with zero attached hydrogens (tertiary/aromatic N) is 2. The first kappa shape index (κ1) is 12.3. The van der Waals surface area contributed by atoms with Gasteiger partial charge in [0.15, 0.2) is 0 Å². The van der Waals surface area contributed by atoms with Crippen molar-refractivity contribution in [3.63, 3.8) is 0 Å². The number of amides is 1. The van der Waals surface area contributed by atoms with E-state index in [-0.39, 0.29) is 5.69 Å². The average molecular weight is 246 g/mol. The summed E-state index contributed by atoms with van der Waals surface area (Å²) in [4.78, 5) is 19.4. The molecule has 2 heterocycles. The average Bonchev–Trinajstić information content (AvgIpc) is 2.38. The number of carbonyl (C=O) groups excluding carboxylic acids is 1. The zero-order valence-corrected chi connectivity index (χ0v) is 9.80. The van der Waals surface area contributed by atoms with Gasteiger partial charge in [0.1, 0.15) is 5.69 Å². The van der Waals surface area contributed by atoms with Crippen LogP contribution >= 0.6 is 0 Å². The third-order valence-electron chi connectivity index (χ3n) is 2.37. The third kappa shape index (κ3) is 2.72. The number of pyridine rings is 2. The molecule has 0 saturated heterocycles. The van der Waals surface area contributed by atoms with Crippen LogP contribution in [0.3, 0.4) is 0 Å². The lowest BCUT2D eigenvalue weighted by atomic mass is 10.2. The number of hydrogen-bond donors (Lipinski definition) is 2. The molecule has 0 aliphatic carbocycles. The van der Waals surface area contributed by atoms with Crippen LogP contribution in [0.4, 0.5) is 0 Å². The fourth-order valence-electron chi connectivity index (χ4n) is 1.47. The van der Waals surface area contributed by atoms with Gasteiger partial charge < -0.3 is 16.2 Å². The molecular formula is C12H14N4O2. The minimum atomic E-state index is -0.555. The molecule has 0 unspecified atom stereocenters. The van der Waals surface area contributed by atoms with Crippen LogP contribution in [-0.4, -0.2) is 29.0 Å². The molecule has 0 radical (unpaired) electrons. The largest absolute Gasteiger partial charge is 0.478 e. The molecular weight excluding hydrogens is 232 g/mol. The van der Waals surface area contributed by atoms with Gasteiger partial charge >= 0.3 is 0 Å². The Morgan fingerprint density at radius 2 is 1.89 bits per heavy atom. The molecule has 0 aliphatic heterocycles. The fraction of sp³-hybridized carbons (Fsp3) is 0.250. The molecule has 6 heteroatoms. The second-order valence-electron chi connectivity index (χ2n) is 3.74. The molecule has 2 aromatic rings. The van der Waals surface area contributed by atoms with Crippen LogP contribution < -0.4 is 16.2 Å². The Hall–Kier alpha value is -2.21. The van der Waals surface area contributed by atoms with Gasteiger partial charge in [-0.3, -0.25) is 4.79 Å². The normalized spacial score (nSPS) is 10.5. The first-order chi connectivity index (χ1) is 8.70. The van der Waals surface area contributed by atoms with Gasteiger partial charge in [-0.15, -0.1) is 0 Å². The summed E-state index contributed by atoms with van der Waals surface area (Å²) in [5, 5.41) is 0. The van der Waals surface area contributed by atoms with E-state index in [1.165, 1.54) is 0 Å². The highest BCUT2D eigenvalue weighted by Crippen LogP contribution is 2.15. The van der Waals surface area contributed by atoms with Gasteiger partial charge in [0.2, 0.25) is 5.88 Å². The van der Waals surface area contributed by atoms with E-state index < -0.39 is 5.91 Å². The van der Waals surface area contributed by atoms with Crippen molar-refractivity contribution < 1.29 is 9.53 Å². The van der Waals surface area contributed by atoms with Crippen molar-refractivity contribution in [2.24, 2.45) is 11.5 Å². The van der Waals surface area contributed by atoms with Crippen molar-refractivity contribution >= 4 is 16.9 Å². The fourth-order valence-corrected chi connectivity index (χ4v) is 1.47. The molecule has 0 saturated carbocycles. The molecule has 4 N–H and O–H groups in total. The molecule has 1 amide bonds. The molecule has 0 aromatic carbocycles. The summed E-state index contributed by atoms with van der Waals surface area (Å²) in [5.41, 5.74) is 12.0. The van der Waals surface area contributed by atoms with Gasteiger partial charge in [-0.25, -0.2) is 9.97 Å². The van der Waals surface area contributed by atoms with Crippen LogP contribution in [-0.2, 0) is 0 Å². The van der Waals surface area contributed by atoms with Crippen LogP contribution in [0.1, 0.15) is 16.9 Å². The summed E-state index contributed by atoms with van der Waals surface area (Å²) in [5.74, 6) is -0.0373. The summed E-state index contributed by atoms with van der Waals surface area (Å²) in [6.07, 6.45) is 0.776. The van der Waals surface area contributed by atoms with Gasteiger partial charge in [0.25, 0.3) is 5.91 Å². The van der Waals surface area contributed by atoms with E-state index in [9.17, 15) is 4.79 Å². The molecule has 0 fully saturated rings. The predicted molar refractivity (Wildman–Crippen MR) is 67.2 cm³/mol. The van der Waals surface area contributed by atoms with Crippen molar-refractivity contribution in [1.82, 2.24) is 9.97 Å². The molecule has 2 aromatic heterocycles. The maximum absolute atomic E-state index is 11.0. The Morgan fingerprint density at radius 3 is 2.61 bits per heavy atom. The van der Waals surface area contributed by atoms with Crippen LogP contribution in [0.2, 0.25) is 0 Å². The smallest absolute Gasteiger partial charge is 0.267 e. The van der Waals surface area contributed by atoms with Gasteiger partial charge in [-0.2, -0.15) is 0 Å². The molecule has 0 aliphatic rings. The predicted octanol–water partition coefficient (Wildman–Crippen LogP) is 0.456. The molecule has 6 nitrogen and oxygen atoms in total. The molecule has 18 heavy (non-hydrogen) atoms.